The van der Waals surface area contributed by atoms with Crippen molar-refractivity contribution in [3.63, 3.8) is 0 Å². The van der Waals surface area contributed by atoms with Gasteiger partial charge in [0.05, 0.1) is 5.60 Å². The minimum atomic E-state index is -0.462. The van der Waals surface area contributed by atoms with Gasteiger partial charge >= 0.3 is 0 Å². The summed E-state index contributed by atoms with van der Waals surface area (Å²) < 4.78 is 0. The van der Waals surface area contributed by atoms with E-state index in [2.05, 4.69) is 26.0 Å². The molecule has 14 heavy (non-hydrogen) atoms. The molecule has 0 aliphatic heterocycles. The fraction of sp³-hybridized carbons (Fsp3) is 0.538. The molecule has 0 fully saturated rings. The first-order valence-electron chi connectivity index (χ1n) is 5.46. The van der Waals surface area contributed by atoms with Gasteiger partial charge < -0.3 is 5.11 Å². The van der Waals surface area contributed by atoms with Crippen molar-refractivity contribution in [2.45, 2.75) is 45.1 Å². The van der Waals surface area contributed by atoms with Crippen LogP contribution in [0.1, 0.15) is 38.7 Å². The standard InChI is InChI=1S/C13H20O/c1-3-13(14,4-2)11-10-12-8-6-5-7-9-12/h5-9,14H,3-4,10-11H2,1-2H3. The fourth-order valence-corrected chi connectivity index (χ4v) is 1.63. The molecule has 0 unspecified atom stereocenters. The van der Waals surface area contributed by atoms with E-state index in [1.165, 1.54) is 5.56 Å². The van der Waals surface area contributed by atoms with Crippen LogP contribution in [0.3, 0.4) is 0 Å². The number of aryl methyl sites for hydroxylation is 1. The van der Waals surface area contributed by atoms with Crippen LogP contribution in [0.2, 0.25) is 0 Å². The first kappa shape index (κ1) is 11.3. The van der Waals surface area contributed by atoms with Gasteiger partial charge in [-0.05, 0) is 31.2 Å². The summed E-state index contributed by atoms with van der Waals surface area (Å²) in [5.74, 6) is 0. The molecule has 1 rings (SSSR count). The lowest BCUT2D eigenvalue weighted by atomic mass is 9.90. The second-order valence-electron chi connectivity index (χ2n) is 3.92. The molecular weight excluding hydrogens is 172 g/mol. The van der Waals surface area contributed by atoms with E-state index in [1.54, 1.807) is 0 Å². The number of aliphatic hydroxyl groups is 1. The fourth-order valence-electron chi connectivity index (χ4n) is 1.63. The molecule has 0 radical (unpaired) electrons. The van der Waals surface area contributed by atoms with E-state index in [0.29, 0.717) is 0 Å². The van der Waals surface area contributed by atoms with Crippen molar-refractivity contribution in [3.8, 4) is 0 Å². The first-order chi connectivity index (χ1) is 6.70. The maximum Gasteiger partial charge on any atom is 0.0645 e. The zero-order chi connectivity index (χ0) is 10.4. The molecule has 0 amide bonds. The molecule has 0 saturated heterocycles. The Labute approximate surface area is 86.8 Å². The third kappa shape index (κ3) is 3.15. The summed E-state index contributed by atoms with van der Waals surface area (Å²) in [5, 5.41) is 10.1. The maximum absolute atomic E-state index is 10.1. The smallest absolute Gasteiger partial charge is 0.0645 e. The topological polar surface area (TPSA) is 20.2 Å². The average Bonchev–Trinajstić information content (AvgIpc) is 2.27. The Bertz CT molecular complexity index is 249. The summed E-state index contributed by atoms with van der Waals surface area (Å²) in [7, 11) is 0. The van der Waals surface area contributed by atoms with Gasteiger partial charge in [0.25, 0.3) is 0 Å². The Morgan fingerprint density at radius 2 is 1.64 bits per heavy atom. The normalized spacial score (nSPS) is 11.6. The van der Waals surface area contributed by atoms with Crippen LogP contribution in [0.25, 0.3) is 0 Å². The minimum Gasteiger partial charge on any atom is -0.390 e. The van der Waals surface area contributed by atoms with Gasteiger partial charge in [0, 0.05) is 0 Å². The van der Waals surface area contributed by atoms with Crippen LogP contribution in [0.15, 0.2) is 30.3 Å². The molecule has 1 heteroatoms. The largest absolute Gasteiger partial charge is 0.390 e. The van der Waals surface area contributed by atoms with E-state index in [-0.39, 0.29) is 0 Å². The molecule has 0 aliphatic carbocycles. The summed E-state index contributed by atoms with van der Waals surface area (Å²) in [4.78, 5) is 0. The zero-order valence-corrected chi connectivity index (χ0v) is 9.16. The van der Waals surface area contributed by atoms with Crippen LogP contribution >= 0.6 is 0 Å². The Kier molecular flexibility index (Phi) is 4.15. The molecule has 0 bridgehead atoms. The minimum absolute atomic E-state index is 0.462. The predicted molar refractivity (Wildman–Crippen MR) is 60.3 cm³/mol. The molecule has 0 aliphatic rings. The van der Waals surface area contributed by atoms with E-state index in [9.17, 15) is 5.11 Å². The summed E-state index contributed by atoms with van der Waals surface area (Å²) in [5.41, 5.74) is 0.850. The second kappa shape index (κ2) is 5.16. The summed E-state index contributed by atoms with van der Waals surface area (Å²) in [6.45, 7) is 4.10. The van der Waals surface area contributed by atoms with Crippen LogP contribution < -0.4 is 0 Å². The Balaban J connectivity index is 2.48. The molecule has 1 aromatic carbocycles. The zero-order valence-electron chi connectivity index (χ0n) is 9.16. The quantitative estimate of drug-likeness (QED) is 0.759. The van der Waals surface area contributed by atoms with Crippen molar-refractivity contribution in [3.05, 3.63) is 35.9 Å². The highest BCUT2D eigenvalue weighted by Gasteiger charge is 2.21. The second-order valence-corrected chi connectivity index (χ2v) is 3.92. The molecule has 1 aromatic rings. The lowest BCUT2D eigenvalue weighted by Gasteiger charge is -2.24. The van der Waals surface area contributed by atoms with Gasteiger partial charge in [0.1, 0.15) is 0 Å². The van der Waals surface area contributed by atoms with Crippen molar-refractivity contribution in [2.75, 3.05) is 0 Å². The molecule has 78 valence electrons. The first-order valence-corrected chi connectivity index (χ1v) is 5.46. The van der Waals surface area contributed by atoms with E-state index < -0.39 is 5.60 Å². The summed E-state index contributed by atoms with van der Waals surface area (Å²) in [6.07, 6.45) is 3.52. The van der Waals surface area contributed by atoms with E-state index >= 15 is 0 Å². The van der Waals surface area contributed by atoms with E-state index in [0.717, 1.165) is 25.7 Å². The highest BCUT2D eigenvalue weighted by Crippen LogP contribution is 2.21. The van der Waals surface area contributed by atoms with Crippen LogP contribution in [0.5, 0.6) is 0 Å². The lowest BCUT2D eigenvalue weighted by Crippen LogP contribution is -2.27. The number of hydrogen-bond donors (Lipinski definition) is 1. The van der Waals surface area contributed by atoms with E-state index in [1.807, 2.05) is 18.2 Å². The summed E-state index contributed by atoms with van der Waals surface area (Å²) >= 11 is 0. The lowest BCUT2D eigenvalue weighted by molar-refractivity contribution is 0.0239. The van der Waals surface area contributed by atoms with Gasteiger partial charge in [-0.25, -0.2) is 0 Å². The molecule has 0 aromatic heterocycles. The average molecular weight is 192 g/mol. The van der Waals surface area contributed by atoms with Crippen LogP contribution in [0.4, 0.5) is 0 Å². The van der Waals surface area contributed by atoms with Crippen molar-refractivity contribution >= 4 is 0 Å². The van der Waals surface area contributed by atoms with Gasteiger partial charge in [0.15, 0.2) is 0 Å². The maximum atomic E-state index is 10.1. The van der Waals surface area contributed by atoms with Gasteiger partial charge in [-0.2, -0.15) is 0 Å². The van der Waals surface area contributed by atoms with Gasteiger partial charge in [-0.1, -0.05) is 44.2 Å². The molecule has 1 nitrogen and oxygen atoms in total. The van der Waals surface area contributed by atoms with Crippen molar-refractivity contribution in [1.29, 1.82) is 0 Å². The third-order valence-corrected chi connectivity index (χ3v) is 3.04. The predicted octanol–water partition coefficient (Wildman–Crippen LogP) is 3.17. The van der Waals surface area contributed by atoms with Crippen LogP contribution in [-0.4, -0.2) is 10.7 Å². The Morgan fingerprint density at radius 3 is 2.14 bits per heavy atom. The number of benzene rings is 1. The van der Waals surface area contributed by atoms with Crippen LogP contribution in [-0.2, 0) is 6.42 Å². The molecular formula is C13H20O. The summed E-state index contributed by atoms with van der Waals surface area (Å²) in [6, 6.07) is 10.4. The molecule has 0 heterocycles. The molecule has 0 spiro atoms. The van der Waals surface area contributed by atoms with Crippen molar-refractivity contribution < 1.29 is 5.11 Å². The van der Waals surface area contributed by atoms with Crippen LogP contribution in [0, 0.1) is 0 Å². The van der Waals surface area contributed by atoms with Crippen molar-refractivity contribution in [2.24, 2.45) is 0 Å². The highest BCUT2D eigenvalue weighted by atomic mass is 16.3. The van der Waals surface area contributed by atoms with Gasteiger partial charge in [-0.15, -0.1) is 0 Å². The number of rotatable bonds is 5. The van der Waals surface area contributed by atoms with Gasteiger partial charge in [-0.3, -0.25) is 0 Å². The monoisotopic (exact) mass is 192 g/mol. The van der Waals surface area contributed by atoms with Crippen molar-refractivity contribution in [1.82, 2.24) is 0 Å². The highest BCUT2D eigenvalue weighted by molar-refractivity contribution is 5.15. The SMILES string of the molecule is CCC(O)(CC)CCc1ccccc1. The Hall–Kier alpha value is -0.820. The number of hydrogen-bond acceptors (Lipinski definition) is 1. The Morgan fingerprint density at radius 1 is 1.07 bits per heavy atom. The molecule has 0 atom stereocenters. The van der Waals surface area contributed by atoms with E-state index in [4.69, 9.17) is 0 Å². The third-order valence-electron chi connectivity index (χ3n) is 3.04. The van der Waals surface area contributed by atoms with Gasteiger partial charge in [0.2, 0.25) is 0 Å². The molecule has 1 N–H and O–H groups in total. The molecule has 0 saturated carbocycles.